The summed E-state index contributed by atoms with van der Waals surface area (Å²) >= 11 is 1.75. The van der Waals surface area contributed by atoms with E-state index < -0.39 is 10.2 Å². The van der Waals surface area contributed by atoms with E-state index in [1.807, 2.05) is 13.8 Å². The van der Waals surface area contributed by atoms with E-state index in [1.54, 1.807) is 22.7 Å². The molecule has 1 aromatic heterocycles. The molecule has 3 rings (SSSR count). The molecule has 0 aromatic carbocycles. The molecule has 0 unspecified atom stereocenters. The first-order valence-electron chi connectivity index (χ1n) is 7.81. The molecular weight excluding hydrogens is 320 g/mol. The van der Waals surface area contributed by atoms with Gasteiger partial charge in [0.1, 0.15) is 5.60 Å². The lowest BCUT2D eigenvalue weighted by molar-refractivity contribution is -0.0866. The van der Waals surface area contributed by atoms with Crippen LogP contribution in [0, 0.1) is 0 Å². The van der Waals surface area contributed by atoms with Crippen LogP contribution in [0.1, 0.15) is 37.1 Å². The van der Waals surface area contributed by atoms with Crippen LogP contribution in [-0.4, -0.2) is 49.8 Å². The summed E-state index contributed by atoms with van der Waals surface area (Å²) in [5.74, 6) is 0. The van der Waals surface area contributed by atoms with Gasteiger partial charge in [0.15, 0.2) is 0 Å². The van der Waals surface area contributed by atoms with Gasteiger partial charge in [-0.1, -0.05) is 0 Å². The van der Waals surface area contributed by atoms with Crippen LogP contribution in [0.25, 0.3) is 0 Å². The molecule has 2 aliphatic heterocycles. The normalized spacial score (nSPS) is 22.4. The summed E-state index contributed by atoms with van der Waals surface area (Å²) in [5.41, 5.74) is 1.12. The topological polar surface area (TPSA) is 49.9 Å². The van der Waals surface area contributed by atoms with Gasteiger partial charge in [-0.05, 0) is 50.1 Å². The molecule has 5 nitrogen and oxygen atoms in total. The second kappa shape index (κ2) is 5.87. The van der Waals surface area contributed by atoms with Crippen LogP contribution in [0.4, 0.5) is 0 Å². The van der Waals surface area contributed by atoms with E-state index in [0.717, 1.165) is 25.9 Å². The highest BCUT2D eigenvalue weighted by Gasteiger charge is 2.44. The van der Waals surface area contributed by atoms with E-state index in [1.165, 1.54) is 14.7 Å². The summed E-state index contributed by atoms with van der Waals surface area (Å²) in [6, 6.07) is 2.15. The van der Waals surface area contributed by atoms with E-state index in [0.29, 0.717) is 13.1 Å². The maximum Gasteiger partial charge on any atom is 0.281 e. The number of fused-ring (bicyclic) bond motifs is 2. The monoisotopic (exact) mass is 344 g/mol. The van der Waals surface area contributed by atoms with Gasteiger partial charge < -0.3 is 4.74 Å². The van der Waals surface area contributed by atoms with E-state index in [2.05, 4.69) is 11.4 Å². The smallest absolute Gasteiger partial charge is 0.281 e. The number of nitrogens with zero attached hydrogens (tertiary/aromatic N) is 2. The molecule has 7 heteroatoms. The van der Waals surface area contributed by atoms with Gasteiger partial charge in [-0.2, -0.15) is 17.0 Å². The van der Waals surface area contributed by atoms with Crippen molar-refractivity contribution < 1.29 is 13.2 Å². The fourth-order valence-corrected chi connectivity index (χ4v) is 5.96. The largest absolute Gasteiger partial charge is 0.369 e. The van der Waals surface area contributed by atoms with Crippen LogP contribution in [0.3, 0.4) is 0 Å². The van der Waals surface area contributed by atoms with Gasteiger partial charge in [0, 0.05) is 31.1 Å². The Kier molecular flexibility index (Phi) is 4.37. The van der Waals surface area contributed by atoms with Crippen molar-refractivity contribution in [3.8, 4) is 0 Å². The average Bonchev–Trinajstić information content (AvgIpc) is 2.97. The maximum absolute atomic E-state index is 12.6. The van der Waals surface area contributed by atoms with Crippen molar-refractivity contribution in [2.45, 2.75) is 44.8 Å². The molecule has 0 saturated carbocycles. The second-order valence-electron chi connectivity index (χ2n) is 6.38. The number of ether oxygens (including phenoxy) is 1. The Labute approximate surface area is 137 Å². The Morgan fingerprint density at radius 2 is 2.05 bits per heavy atom. The summed E-state index contributed by atoms with van der Waals surface area (Å²) in [7, 11) is -1.71. The molecule has 1 saturated heterocycles. The van der Waals surface area contributed by atoms with Gasteiger partial charge >= 0.3 is 0 Å². The van der Waals surface area contributed by atoms with E-state index in [-0.39, 0.29) is 11.6 Å². The first kappa shape index (κ1) is 16.4. The molecule has 22 heavy (non-hydrogen) atoms. The third-order valence-electron chi connectivity index (χ3n) is 4.86. The number of hydrogen-bond donors (Lipinski definition) is 0. The Morgan fingerprint density at radius 1 is 1.36 bits per heavy atom. The summed E-state index contributed by atoms with van der Waals surface area (Å²) in [6.45, 7) is 5.58. The van der Waals surface area contributed by atoms with Crippen LogP contribution in [-0.2, 0) is 27.0 Å². The number of rotatable bonds is 3. The minimum atomic E-state index is -3.37. The third-order valence-corrected chi connectivity index (χ3v) is 8.17. The number of hydrogen-bond acceptors (Lipinski definition) is 4. The molecule has 0 aliphatic carbocycles. The molecule has 0 atom stereocenters. The van der Waals surface area contributed by atoms with E-state index >= 15 is 0 Å². The lowest BCUT2D eigenvalue weighted by Crippen LogP contribution is -2.52. The lowest BCUT2D eigenvalue weighted by atomic mass is 9.86. The van der Waals surface area contributed by atoms with Crippen LogP contribution in [0.5, 0.6) is 0 Å². The quantitative estimate of drug-likeness (QED) is 0.845. The molecule has 1 spiro atoms. The molecule has 1 fully saturated rings. The summed E-state index contributed by atoms with van der Waals surface area (Å²) in [5, 5.41) is 2.12. The molecular formula is C15H24N2O3S2. The van der Waals surface area contributed by atoms with E-state index in [9.17, 15) is 8.42 Å². The Bertz CT molecular complexity index is 631. The first-order chi connectivity index (χ1) is 10.4. The lowest BCUT2D eigenvalue weighted by Gasteiger charge is -2.44. The Balaban J connectivity index is 1.77. The zero-order valence-electron chi connectivity index (χ0n) is 13.4. The molecule has 0 bridgehead atoms. The second-order valence-corrected chi connectivity index (χ2v) is 9.29. The Hall–Kier alpha value is -0.470. The Morgan fingerprint density at radius 3 is 2.68 bits per heavy atom. The van der Waals surface area contributed by atoms with Crippen molar-refractivity contribution in [1.82, 2.24) is 8.61 Å². The SMILES string of the molecule is CC(C)N(C)S(=O)(=O)N1CCC2(CC1)OCCc1ccsc12. The molecule has 0 amide bonds. The van der Waals surface area contributed by atoms with Gasteiger partial charge in [-0.25, -0.2) is 0 Å². The standard InChI is InChI=1S/C15H24N2O3S2/c1-12(2)16(3)22(18,19)17-8-6-15(7-9-17)14-13(4-10-20-15)5-11-21-14/h5,11-12H,4,6-10H2,1-3H3. The highest BCUT2D eigenvalue weighted by atomic mass is 32.2. The van der Waals surface area contributed by atoms with Crippen LogP contribution >= 0.6 is 11.3 Å². The van der Waals surface area contributed by atoms with E-state index in [4.69, 9.17) is 4.74 Å². The highest BCUT2D eigenvalue weighted by molar-refractivity contribution is 7.86. The van der Waals surface area contributed by atoms with Gasteiger partial charge in [0.2, 0.25) is 0 Å². The predicted molar refractivity (Wildman–Crippen MR) is 88.3 cm³/mol. The predicted octanol–water partition coefficient (Wildman–Crippen LogP) is 2.20. The third kappa shape index (κ3) is 2.63. The minimum absolute atomic E-state index is 0.0317. The number of thiophene rings is 1. The fourth-order valence-electron chi connectivity index (χ4n) is 3.25. The average molecular weight is 345 g/mol. The zero-order chi connectivity index (χ0) is 16.0. The van der Waals surface area contributed by atoms with Gasteiger partial charge in [-0.15, -0.1) is 11.3 Å². The summed E-state index contributed by atoms with van der Waals surface area (Å²) < 4.78 is 34.4. The van der Waals surface area contributed by atoms with Crippen molar-refractivity contribution >= 4 is 21.5 Å². The zero-order valence-corrected chi connectivity index (χ0v) is 15.0. The van der Waals surface area contributed by atoms with Crippen molar-refractivity contribution in [3.05, 3.63) is 21.9 Å². The van der Waals surface area contributed by atoms with Crippen LogP contribution in [0.15, 0.2) is 11.4 Å². The van der Waals surface area contributed by atoms with Gasteiger partial charge in [0.25, 0.3) is 10.2 Å². The molecule has 0 N–H and O–H groups in total. The maximum atomic E-state index is 12.6. The molecule has 2 aliphatic rings. The molecule has 0 radical (unpaired) electrons. The minimum Gasteiger partial charge on any atom is -0.369 e. The van der Waals surface area contributed by atoms with Crippen molar-refractivity contribution in [1.29, 1.82) is 0 Å². The van der Waals surface area contributed by atoms with Crippen molar-refractivity contribution in [2.24, 2.45) is 0 Å². The van der Waals surface area contributed by atoms with Crippen LogP contribution in [0.2, 0.25) is 0 Å². The first-order valence-corrected chi connectivity index (χ1v) is 10.1. The summed E-state index contributed by atoms with van der Waals surface area (Å²) in [4.78, 5) is 1.31. The van der Waals surface area contributed by atoms with Crippen molar-refractivity contribution in [2.75, 3.05) is 26.7 Å². The molecule has 1 aromatic rings. The fraction of sp³-hybridized carbons (Fsp3) is 0.733. The van der Waals surface area contributed by atoms with Gasteiger partial charge in [0.05, 0.1) is 6.61 Å². The van der Waals surface area contributed by atoms with Crippen LogP contribution < -0.4 is 0 Å². The van der Waals surface area contributed by atoms with Crippen molar-refractivity contribution in [3.63, 3.8) is 0 Å². The van der Waals surface area contributed by atoms with Gasteiger partial charge in [-0.3, -0.25) is 0 Å². The molecule has 3 heterocycles. The summed E-state index contributed by atoms with van der Waals surface area (Å²) in [6.07, 6.45) is 2.45. The number of piperidine rings is 1. The highest BCUT2D eigenvalue weighted by Crippen LogP contribution is 2.44. The molecule has 124 valence electrons.